The summed E-state index contributed by atoms with van der Waals surface area (Å²) in [6, 6.07) is 9.20. The minimum absolute atomic E-state index is 0.363. The lowest BCUT2D eigenvalue weighted by molar-refractivity contribution is -0.144. The standard InChI is InChI=1S/C24H22FN3O4S/c1-31-19-6-3-13(9-20(19)32-2)23-27-17-7-8-28(12-21(17)33-23)22(24(29)30)16-11-26-18-10-14(25)4-5-15(16)18/h3-6,9-11,22,26H,7-8,12H2,1-2H3,(H,29,30). The molecule has 0 spiro atoms. The number of aromatic nitrogens is 2. The highest BCUT2D eigenvalue weighted by Gasteiger charge is 2.33. The third-order valence-corrected chi connectivity index (χ3v) is 7.09. The van der Waals surface area contributed by atoms with Crippen molar-refractivity contribution >= 4 is 28.2 Å². The molecule has 2 aromatic carbocycles. The van der Waals surface area contributed by atoms with Crippen molar-refractivity contribution < 1.29 is 23.8 Å². The van der Waals surface area contributed by atoms with Crippen molar-refractivity contribution in [2.45, 2.75) is 19.0 Å². The number of nitrogens with zero attached hydrogens (tertiary/aromatic N) is 2. The van der Waals surface area contributed by atoms with E-state index < -0.39 is 12.0 Å². The lowest BCUT2D eigenvalue weighted by Gasteiger charge is -2.31. The summed E-state index contributed by atoms with van der Waals surface area (Å²) in [5.41, 5.74) is 3.13. The molecule has 7 nitrogen and oxygen atoms in total. The first-order valence-corrected chi connectivity index (χ1v) is 11.2. The molecule has 3 heterocycles. The van der Waals surface area contributed by atoms with Gasteiger partial charge in [-0.05, 0) is 36.4 Å². The summed E-state index contributed by atoms with van der Waals surface area (Å²) in [4.78, 5) is 23.1. The summed E-state index contributed by atoms with van der Waals surface area (Å²) >= 11 is 1.56. The van der Waals surface area contributed by atoms with Crippen LogP contribution in [0.3, 0.4) is 0 Å². The van der Waals surface area contributed by atoms with Gasteiger partial charge in [-0.3, -0.25) is 9.69 Å². The topological polar surface area (TPSA) is 87.7 Å². The van der Waals surface area contributed by atoms with Crippen molar-refractivity contribution in [3.8, 4) is 22.1 Å². The van der Waals surface area contributed by atoms with Gasteiger partial charge in [0.1, 0.15) is 16.9 Å². The maximum absolute atomic E-state index is 13.6. The second-order valence-corrected chi connectivity index (χ2v) is 8.94. The maximum atomic E-state index is 13.6. The van der Waals surface area contributed by atoms with E-state index in [9.17, 15) is 14.3 Å². The number of nitrogens with one attached hydrogen (secondary N) is 1. The molecule has 4 aromatic rings. The zero-order valence-corrected chi connectivity index (χ0v) is 18.9. The Morgan fingerprint density at radius 1 is 1.21 bits per heavy atom. The van der Waals surface area contributed by atoms with Gasteiger partial charge in [0.25, 0.3) is 0 Å². The van der Waals surface area contributed by atoms with Gasteiger partial charge in [-0.15, -0.1) is 11.3 Å². The fourth-order valence-corrected chi connectivity index (χ4v) is 5.49. The molecule has 33 heavy (non-hydrogen) atoms. The number of carboxylic acids is 1. The average molecular weight is 468 g/mol. The molecule has 1 aliphatic heterocycles. The SMILES string of the molecule is COc1ccc(-c2nc3c(s2)CN(C(C(=O)O)c2c[nH]c4cc(F)ccc24)CC3)cc1OC. The summed E-state index contributed by atoms with van der Waals surface area (Å²) in [5, 5.41) is 11.7. The highest BCUT2D eigenvalue weighted by Crippen LogP contribution is 2.38. The number of methoxy groups -OCH3 is 2. The highest BCUT2D eigenvalue weighted by molar-refractivity contribution is 7.15. The van der Waals surface area contributed by atoms with E-state index in [1.54, 1.807) is 37.8 Å². The first-order valence-electron chi connectivity index (χ1n) is 10.4. The third kappa shape index (κ3) is 3.83. The van der Waals surface area contributed by atoms with Crippen LogP contribution in [-0.2, 0) is 17.8 Å². The fourth-order valence-electron chi connectivity index (χ4n) is 4.36. The van der Waals surface area contributed by atoms with Gasteiger partial charge >= 0.3 is 5.97 Å². The Bertz CT molecular complexity index is 1350. The number of fused-ring (bicyclic) bond motifs is 2. The van der Waals surface area contributed by atoms with Crippen LogP contribution in [0.1, 0.15) is 22.2 Å². The highest BCUT2D eigenvalue weighted by atomic mass is 32.1. The van der Waals surface area contributed by atoms with Crippen molar-refractivity contribution in [3.05, 3.63) is 64.5 Å². The Morgan fingerprint density at radius 2 is 2.03 bits per heavy atom. The van der Waals surface area contributed by atoms with Gasteiger partial charge in [0.15, 0.2) is 11.5 Å². The maximum Gasteiger partial charge on any atom is 0.325 e. The zero-order valence-electron chi connectivity index (χ0n) is 18.1. The van der Waals surface area contributed by atoms with Crippen LogP contribution in [0.2, 0.25) is 0 Å². The fraction of sp³-hybridized carbons (Fsp3) is 0.250. The minimum Gasteiger partial charge on any atom is -0.493 e. The molecule has 1 aliphatic rings. The smallest absolute Gasteiger partial charge is 0.325 e. The molecular formula is C24H22FN3O4S. The Balaban J connectivity index is 1.46. The molecule has 1 unspecified atom stereocenters. The molecule has 0 bridgehead atoms. The molecular weight excluding hydrogens is 445 g/mol. The molecule has 0 fully saturated rings. The number of aromatic amines is 1. The lowest BCUT2D eigenvalue weighted by Crippen LogP contribution is -2.37. The van der Waals surface area contributed by atoms with E-state index in [4.69, 9.17) is 14.5 Å². The molecule has 2 N–H and O–H groups in total. The molecule has 170 valence electrons. The van der Waals surface area contributed by atoms with Gasteiger partial charge in [-0.2, -0.15) is 0 Å². The number of rotatable bonds is 6. The average Bonchev–Trinajstić information content (AvgIpc) is 3.42. The van der Waals surface area contributed by atoms with Crippen LogP contribution in [0, 0.1) is 5.82 Å². The van der Waals surface area contributed by atoms with E-state index in [1.807, 2.05) is 23.1 Å². The monoisotopic (exact) mass is 467 g/mol. The van der Waals surface area contributed by atoms with Gasteiger partial charge in [0, 0.05) is 52.6 Å². The van der Waals surface area contributed by atoms with Gasteiger partial charge in [-0.25, -0.2) is 9.37 Å². The number of benzene rings is 2. The van der Waals surface area contributed by atoms with E-state index in [0.29, 0.717) is 47.5 Å². The number of hydrogen-bond donors (Lipinski definition) is 2. The van der Waals surface area contributed by atoms with Gasteiger partial charge in [0.05, 0.1) is 19.9 Å². The van der Waals surface area contributed by atoms with Crippen molar-refractivity contribution in [2.75, 3.05) is 20.8 Å². The molecule has 5 rings (SSSR count). The van der Waals surface area contributed by atoms with E-state index in [-0.39, 0.29) is 5.82 Å². The zero-order chi connectivity index (χ0) is 23.1. The summed E-state index contributed by atoms with van der Waals surface area (Å²) < 4.78 is 24.3. The normalized spacial score (nSPS) is 14.8. The van der Waals surface area contributed by atoms with Crippen molar-refractivity contribution in [3.63, 3.8) is 0 Å². The first-order chi connectivity index (χ1) is 16.0. The number of hydrogen-bond acceptors (Lipinski definition) is 6. The number of halogens is 1. The van der Waals surface area contributed by atoms with Gasteiger partial charge in [0.2, 0.25) is 0 Å². The van der Waals surface area contributed by atoms with Crippen molar-refractivity contribution in [1.82, 2.24) is 14.9 Å². The van der Waals surface area contributed by atoms with Gasteiger partial charge in [-0.1, -0.05) is 0 Å². The third-order valence-electron chi connectivity index (χ3n) is 5.96. The number of thiazole rings is 1. The van der Waals surface area contributed by atoms with Crippen LogP contribution in [0.15, 0.2) is 42.6 Å². The molecule has 2 aromatic heterocycles. The van der Waals surface area contributed by atoms with Crippen LogP contribution >= 0.6 is 11.3 Å². The lowest BCUT2D eigenvalue weighted by atomic mass is 10.0. The summed E-state index contributed by atoms with van der Waals surface area (Å²) in [5.74, 6) is -0.0192. The molecule has 0 saturated heterocycles. The number of carboxylic acid groups (broad SMARTS) is 1. The first kappa shape index (κ1) is 21.4. The number of ether oxygens (including phenoxy) is 2. The largest absolute Gasteiger partial charge is 0.493 e. The molecule has 0 amide bonds. The van der Waals surface area contributed by atoms with E-state index in [2.05, 4.69) is 4.98 Å². The molecule has 9 heteroatoms. The predicted octanol–water partition coefficient (Wildman–Crippen LogP) is 4.63. The van der Waals surface area contributed by atoms with Crippen molar-refractivity contribution in [1.29, 1.82) is 0 Å². The Kier molecular flexibility index (Phi) is 5.51. The number of aliphatic carboxylic acids is 1. The number of H-pyrrole nitrogens is 1. The van der Waals surface area contributed by atoms with Crippen LogP contribution in [0.25, 0.3) is 21.5 Å². The predicted molar refractivity (Wildman–Crippen MR) is 123 cm³/mol. The van der Waals surface area contributed by atoms with Crippen LogP contribution in [-0.4, -0.2) is 46.7 Å². The van der Waals surface area contributed by atoms with Crippen molar-refractivity contribution in [2.24, 2.45) is 0 Å². The Morgan fingerprint density at radius 3 is 2.79 bits per heavy atom. The summed E-state index contributed by atoms with van der Waals surface area (Å²) in [6.07, 6.45) is 2.32. The molecule has 1 atom stereocenters. The Hall–Kier alpha value is -3.43. The molecule has 0 aliphatic carbocycles. The Labute approximate surface area is 193 Å². The van der Waals surface area contributed by atoms with Crippen LogP contribution in [0.5, 0.6) is 11.5 Å². The van der Waals surface area contributed by atoms with Crippen LogP contribution < -0.4 is 9.47 Å². The minimum atomic E-state index is -0.937. The quantitative estimate of drug-likeness (QED) is 0.430. The van der Waals surface area contributed by atoms with E-state index in [1.165, 1.54) is 12.1 Å². The molecule has 0 saturated carbocycles. The summed E-state index contributed by atoms with van der Waals surface area (Å²) in [7, 11) is 3.19. The van der Waals surface area contributed by atoms with Gasteiger partial charge < -0.3 is 19.6 Å². The number of carbonyl (C=O) groups is 1. The molecule has 0 radical (unpaired) electrons. The second kappa shape index (κ2) is 8.49. The van der Waals surface area contributed by atoms with E-state index >= 15 is 0 Å². The van der Waals surface area contributed by atoms with Crippen LogP contribution in [0.4, 0.5) is 4.39 Å². The summed E-state index contributed by atoms with van der Waals surface area (Å²) in [6.45, 7) is 1.04. The second-order valence-electron chi connectivity index (χ2n) is 7.85. The van der Waals surface area contributed by atoms with E-state index in [0.717, 1.165) is 21.1 Å².